The Morgan fingerprint density at radius 1 is 1.00 bits per heavy atom. The second kappa shape index (κ2) is 16.6. The fraction of sp³-hybridized carbons (Fsp3) is 0.556. The van der Waals surface area contributed by atoms with E-state index in [9.17, 15) is 19.2 Å². The monoisotopic (exact) mass is 401 g/mol. The molecule has 10 heteroatoms. The second-order valence-corrected chi connectivity index (χ2v) is 5.36. The van der Waals surface area contributed by atoms with E-state index in [0.29, 0.717) is 39.1 Å². The zero-order valence-electron chi connectivity index (χ0n) is 16.3. The number of aldehydes is 1. The summed E-state index contributed by atoms with van der Waals surface area (Å²) in [5.74, 6) is -2.17. The highest BCUT2D eigenvalue weighted by molar-refractivity contribution is 5.91. The fourth-order valence-corrected chi connectivity index (χ4v) is 1.94. The van der Waals surface area contributed by atoms with Crippen molar-refractivity contribution in [1.29, 1.82) is 0 Å². The summed E-state index contributed by atoms with van der Waals surface area (Å²) in [4.78, 5) is 46.4. The zero-order chi connectivity index (χ0) is 21.2. The van der Waals surface area contributed by atoms with Crippen LogP contribution in [-0.2, 0) is 42.9 Å². The SMILES string of the molecule is COC.COC(=O)/C=C/C(=O)OC(COC(=O)/C=C/C=O)CN1CCOCC1. The molecule has 0 N–H and O–H groups in total. The molecule has 1 saturated heterocycles. The van der Waals surface area contributed by atoms with Crippen LogP contribution in [0, 0.1) is 0 Å². The maximum absolute atomic E-state index is 11.8. The van der Waals surface area contributed by atoms with Gasteiger partial charge in [0, 0.05) is 52.1 Å². The van der Waals surface area contributed by atoms with Gasteiger partial charge in [-0.1, -0.05) is 0 Å². The molecule has 0 bridgehead atoms. The average Bonchev–Trinajstić information content (AvgIpc) is 2.70. The molecule has 0 radical (unpaired) electrons. The Morgan fingerprint density at radius 2 is 1.61 bits per heavy atom. The van der Waals surface area contributed by atoms with Gasteiger partial charge < -0.3 is 23.7 Å². The van der Waals surface area contributed by atoms with Gasteiger partial charge >= 0.3 is 17.9 Å². The summed E-state index contributed by atoms with van der Waals surface area (Å²) in [6, 6.07) is 0. The molecule has 0 aromatic carbocycles. The van der Waals surface area contributed by atoms with Crippen LogP contribution in [0.15, 0.2) is 24.3 Å². The summed E-state index contributed by atoms with van der Waals surface area (Å²) < 4.78 is 24.1. The molecule has 1 atom stereocenters. The molecule has 1 aliphatic heterocycles. The molecular formula is C18H27NO9. The Kier molecular flexibility index (Phi) is 15.1. The smallest absolute Gasteiger partial charge is 0.331 e. The van der Waals surface area contributed by atoms with Gasteiger partial charge in [0.15, 0.2) is 0 Å². The summed E-state index contributed by atoms with van der Waals surface area (Å²) in [7, 11) is 4.44. The lowest BCUT2D eigenvalue weighted by Gasteiger charge is -2.29. The lowest BCUT2D eigenvalue weighted by atomic mass is 10.3. The van der Waals surface area contributed by atoms with Crippen molar-refractivity contribution in [3.8, 4) is 0 Å². The molecule has 1 fully saturated rings. The van der Waals surface area contributed by atoms with E-state index in [0.717, 1.165) is 24.3 Å². The van der Waals surface area contributed by atoms with Crippen molar-refractivity contribution in [2.45, 2.75) is 6.10 Å². The molecule has 0 spiro atoms. The van der Waals surface area contributed by atoms with Crippen LogP contribution in [0.3, 0.4) is 0 Å². The lowest BCUT2D eigenvalue weighted by molar-refractivity contribution is -0.154. The van der Waals surface area contributed by atoms with Gasteiger partial charge in [0.05, 0.1) is 20.3 Å². The first-order valence-corrected chi connectivity index (χ1v) is 8.42. The first-order chi connectivity index (χ1) is 13.5. The van der Waals surface area contributed by atoms with Gasteiger partial charge in [-0.3, -0.25) is 9.69 Å². The minimum atomic E-state index is -0.761. The summed E-state index contributed by atoms with van der Waals surface area (Å²) in [5.41, 5.74) is 0. The summed E-state index contributed by atoms with van der Waals surface area (Å²) in [5, 5.41) is 0. The Morgan fingerprint density at radius 3 is 2.18 bits per heavy atom. The molecule has 0 saturated carbocycles. The minimum Gasteiger partial charge on any atom is -0.466 e. The first-order valence-electron chi connectivity index (χ1n) is 8.42. The van der Waals surface area contributed by atoms with Crippen LogP contribution < -0.4 is 0 Å². The van der Waals surface area contributed by atoms with Crippen LogP contribution in [0.2, 0.25) is 0 Å². The number of nitrogens with zero attached hydrogens (tertiary/aromatic N) is 1. The maximum atomic E-state index is 11.8. The number of methoxy groups -OCH3 is 2. The summed E-state index contributed by atoms with van der Waals surface area (Å²) in [6.45, 7) is 2.59. The van der Waals surface area contributed by atoms with Crippen molar-refractivity contribution in [2.24, 2.45) is 0 Å². The Labute approximate surface area is 164 Å². The van der Waals surface area contributed by atoms with E-state index in [1.807, 2.05) is 4.90 Å². The van der Waals surface area contributed by atoms with Crippen molar-refractivity contribution < 1.29 is 42.9 Å². The van der Waals surface area contributed by atoms with E-state index < -0.39 is 24.0 Å². The number of esters is 3. The van der Waals surface area contributed by atoms with Crippen LogP contribution >= 0.6 is 0 Å². The number of allylic oxidation sites excluding steroid dienone is 1. The third-order valence-electron chi connectivity index (χ3n) is 3.13. The van der Waals surface area contributed by atoms with Crippen molar-refractivity contribution >= 4 is 24.2 Å². The van der Waals surface area contributed by atoms with Crippen LogP contribution in [0.5, 0.6) is 0 Å². The van der Waals surface area contributed by atoms with E-state index in [1.165, 1.54) is 7.11 Å². The number of hydrogen-bond donors (Lipinski definition) is 0. The number of carbonyl (C=O) groups is 4. The summed E-state index contributed by atoms with van der Waals surface area (Å²) >= 11 is 0. The molecule has 1 aliphatic rings. The third kappa shape index (κ3) is 13.6. The highest BCUT2D eigenvalue weighted by Crippen LogP contribution is 2.04. The molecule has 0 amide bonds. The second-order valence-electron chi connectivity index (χ2n) is 5.36. The molecular weight excluding hydrogens is 374 g/mol. The Bertz CT molecular complexity index is 539. The normalized spacial score (nSPS) is 15.4. The molecule has 10 nitrogen and oxygen atoms in total. The number of ether oxygens (including phenoxy) is 5. The topological polar surface area (TPSA) is 118 Å². The molecule has 0 aliphatic carbocycles. The van der Waals surface area contributed by atoms with E-state index in [1.54, 1.807) is 14.2 Å². The average molecular weight is 401 g/mol. The van der Waals surface area contributed by atoms with Crippen LogP contribution in [0.25, 0.3) is 0 Å². The molecule has 1 unspecified atom stereocenters. The molecule has 158 valence electrons. The fourth-order valence-electron chi connectivity index (χ4n) is 1.94. The first kappa shape index (κ1) is 25.4. The molecule has 28 heavy (non-hydrogen) atoms. The van der Waals surface area contributed by atoms with Crippen molar-refractivity contribution in [3.63, 3.8) is 0 Å². The lowest BCUT2D eigenvalue weighted by Crippen LogP contribution is -2.43. The highest BCUT2D eigenvalue weighted by Gasteiger charge is 2.21. The minimum absolute atomic E-state index is 0.183. The van der Waals surface area contributed by atoms with E-state index in [-0.39, 0.29) is 6.61 Å². The van der Waals surface area contributed by atoms with Gasteiger partial charge in [-0.15, -0.1) is 0 Å². The number of rotatable bonds is 9. The number of morpholine rings is 1. The van der Waals surface area contributed by atoms with Crippen molar-refractivity contribution in [2.75, 3.05) is 60.8 Å². The molecule has 0 aromatic rings. The van der Waals surface area contributed by atoms with Gasteiger partial charge in [0.25, 0.3) is 0 Å². The van der Waals surface area contributed by atoms with E-state index in [2.05, 4.69) is 9.47 Å². The standard InChI is InChI=1S/C16H21NO8.C2H6O/c1-22-14(19)4-5-16(21)25-13(11-17-6-9-23-10-7-17)12-24-15(20)3-2-8-18;1-3-2/h2-5,8,13H,6-7,9-12H2,1H3;1-2H3/b3-2+,5-4+;. The zero-order valence-corrected chi connectivity index (χ0v) is 16.3. The van der Waals surface area contributed by atoms with Gasteiger partial charge in [-0.05, 0) is 6.08 Å². The quantitative estimate of drug-likeness (QED) is 0.217. The predicted octanol–water partition coefficient (Wildman–Crippen LogP) is -0.479. The van der Waals surface area contributed by atoms with Crippen molar-refractivity contribution in [1.82, 2.24) is 4.90 Å². The van der Waals surface area contributed by atoms with E-state index >= 15 is 0 Å². The van der Waals surface area contributed by atoms with Gasteiger partial charge in [-0.2, -0.15) is 0 Å². The van der Waals surface area contributed by atoms with Gasteiger partial charge in [-0.25, -0.2) is 14.4 Å². The highest BCUT2D eigenvalue weighted by atomic mass is 16.6. The Hall–Kier alpha value is -2.56. The molecule has 1 rings (SSSR count). The van der Waals surface area contributed by atoms with Crippen LogP contribution in [-0.4, -0.2) is 96.0 Å². The molecule has 1 heterocycles. The van der Waals surface area contributed by atoms with Crippen LogP contribution in [0.4, 0.5) is 0 Å². The van der Waals surface area contributed by atoms with Gasteiger partial charge in [0.2, 0.25) is 0 Å². The third-order valence-corrected chi connectivity index (χ3v) is 3.13. The van der Waals surface area contributed by atoms with Crippen LogP contribution in [0.1, 0.15) is 0 Å². The maximum Gasteiger partial charge on any atom is 0.331 e. The summed E-state index contributed by atoms with van der Waals surface area (Å²) in [6.07, 6.45) is 3.56. The van der Waals surface area contributed by atoms with Crippen molar-refractivity contribution in [3.05, 3.63) is 24.3 Å². The largest absolute Gasteiger partial charge is 0.466 e. The molecule has 0 aromatic heterocycles. The Balaban J connectivity index is 0.00000227. The van der Waals surface area contributed by atoms with Gasteiger partial charge in [0.1, 0.15) is 19.0 Å². The number of carbonyl (C=O) groups excluding carboxylic acids is 4. The van der Waals surface area contributed by atoms with E-state index in [4.69, 9.17) is 14.2 Å². The predicted molar refractivity (Wildman–Crippen MR) is 97.4 cm³/mol. The number of hydrogen-bond acceptors (Lipinski definition) is 10.